The molecular formula is C12H19NO2. The molecule has 3 N–H and O–H groups in total. The van der Waals surface area contributed by atoms with Crippen LogP contribution in [-0.2, 0) is 6.54 Å². The average molecular weight is 209 g/mol. The summed E-state index contributed by atoms with van der Waals surface area (Å²) in [5.74, 6) is 0.808. The molecule has 0 unspecified atom stereocenters. The summed E-state index contributed by atoms with van der Waals surface area (Å²) in [5, 5.41) is 9.50. The summed E-state index contributed by atoms with van der Waals surface area (Å²) in [5.41, 5.74) is 5.90. The highest BCUT2D eigenvalue weighted by Crippen LogP contribution is 2.14. The van der Waals surface area contributed by atoms with Crippen molar-refractivity contribution >= 4 is 0 Å². The van der Waals surface area contributed by atoms with Gasteiger partial charge in [-0.2, -0.15) is 0 Å². The van der Waals surface area contributed by atoms with Crippen LogP contribution in [0.25, 0.3) is 0 Å². The highest BCUT2D eigenvalue weighted by molar-refractivity contribution is 5.28. The molecule has 3 nitrogen and oxygen atoms in total. The molecule has 3 heteroatoms. The molecule has 0 aliphatic carbocycles. The Morgan fingerprint density at radius 3 is 2.73 bits per heavy atom. The molecular weight excluding hydrogens is 190 g/mol. The first-order chi connectivity index (χ1) is 7.01. The number of hydrogen-bond acceptors (Lipinski definition) is 3. The van der Waals surface area contributed by atoms with Gasteiger partial charge in [0, 0.05) is 13.0 Å². The van der Waals surface area contributed by atoms with E-state index in [0.29, 0.717) is 19.6 Å². The van der Waals surface area contributed by atoms with E-state index in [2.05, 4.69) is 0 Å². The number of hydrogen-bond donors (Lipinski definition) is 2. The molecule has 0 radical (unpaired) electrons. The molecule has 0 heterocycles. The van der Waals surface area contributed by atoms with Crippen molar-refractivity contribution < 1.29 is 9.84 Å². The zero-order chi connectivity index (χ0) is 11.3. The van der Waals surface area contributed by atoms with Crippen molar-refractivity contribution in [2.24, 2.45) is 5.73 Å². The third-order valence-corrected chi connectivity index (χ3v) is 2.12. The first-order valence-corrected chi connectivity index (χ1v) is 5.15. The quantitative estimate of drug-likeness (QED) is 0.775. The molecule has 0 aliphatic rings. The van der Waals surface area contributed by atoms with E-state index in [1.165, 1.54) is 0 Å². The Kier molecular flexibility index (Phi) is 4.12. The lowest BCUT2D eigenvalue weighted by atomic mass is 10.1. The molecule has 15 heavy (non-hydrogen) atoms. The lowest BCUT2D eigenvalue weighted by Gasteiger charge is -2.17. The topological polar surface area (TPSA) is 55.5 Å². The Morgan fingerprint density at radius 1 is 1.40 bits per heavy atom. The van der Waals surface area contributed by atoms with Gasteiger partial charge in [0.05, 0.1) is 12.2 Å². The van der Waals surface area contributed by atoms with Gasteiger partial charge in [-0.15, -0.1) is 0 Å². The second kappa shape index (κ2) is 5.14. The van der Waals surface area contributed by atoms with E-state index in [0.717, 1.165) is 11.3 Å². The molecule has 1 rings (SSSR count). The molecule has 0 saturated heterocycles. The van der Waals surface area contributed by atoms with E-state index in [-0.39, 0.29) is 0 Å². The van der Waals surface area contributed by atoms with Crippen LogP contribution in [0.2, 0.25) is 0 Å². The van der Waals surface area contributed by atoms with Crippen LogP contribution < -0.4 is 10.5 Å². The van der Waals surface area contributed by atoms with Crippen LogP contribution in [0.3, 0.4) is 0 Å². The van der Waals surface area contributed by atoms with E-state index in [1.807, 2.05) is 24.3 Å². The third-order valence-electron chi connectivity index (χ3n) is 2.12. The Balaban J connectivity index is 2.44. The zero-order valence-electron chi connectivity index (χ0n) is 9.36. The molecule has 0 fully saturated rings. The monoisotopic (exact) mass is 209 g/mol. The van der Waals surface area contributed by atoms with Crippen LogP contribution in [-0.4, -0.2) is 17.3 Å². The summed E-state index contributed by atoms with van der Waals surface area (Å²) in [4.78, 5) is 0. The second-order valence-electron chi connectivity index (χ2n) is 4.26. The Bertz CT molecular complexity index is 305. The lowest BCUT2D eigenvalue weighted by Crippen LogP contribution is -2.21. The zero-order valence-corrected chi connectivity index (χ0v) is 9.36. The van der Waals surface area contributed by atoms with Crippen molar-refractivity contribution in [3.05, 3.63) is 29.8 Å². The number of benzene rings is 1. The standard InChI is InChI=1S/C12H19NO2/c1-12(2,14)6-7-15-11-5-3-4-10(8-11)9-13/h3-5,8,14H,6-7,9,13H2,1-2H3. The summed E-state index contributed by atoms with van der Waals surface area (Å²) in [7, 11) is 0. The molecule has 0 aromatic heterocycles. The van der Waals surface area contributed by atoms with Gasteiger partial charge in [0.1, 0.15) is 5.75 Å². The Labute approximate surface area is 90.9 Å². The van der Waals surface area contributed by atoms with Crippen LogP contribution >= 0.6 is 0 Å². The fourth-order valence-corrected chi connectivity index (χ4v) is 1.18. The van der Waals surface area contributed by atoms with E-state index >= 15 is 0 Å². The van der Waals surface area contributed by atoms with E-state index in [9.17, 15) is 5.11 Å². The van der Waals surface area contributed by atoms with Crippen LogP contribution in [0.4, 0.5) is 0 Å². The van der Waals surface area contributed by atoms with Crippen molar-refractivity contribution in [3.63, 3.8) is 0 Å². The van der Waals surface area contributed by atoms with E-state index in [4.69, 9.17) is 10.5 Å². The molecule has 0 atom stereocenters. The van der Waals surface area contributed by atoms with Crippen molar-refractivity contribution in [1.82, 2.24) is 0 Å². The fraction of sp³-hybridized carbons (Fsp3) is 0.500. The summed E-state index contributed by atoms with van der Waals surface area (Å²) in [6.07, 6.45) is 0.611. The molecule has 0 bridgehead atoms. The Hall–Kier alpha value is -1.06. The van der Waals surface area contributed by atoms with Gasteiger partial charge in [-0.05, 0) is 31.5 Å². The number of aliphatic hydroxyl groups is 1. The number of nitrogens with two attached hydrogens (primary N) is 1. The summed E-state index contributed by atoms with van der Waals surface area (Å²) >= 11 is 0. The van der Waals surface area contributed by atoms with Crippen molar-refractivity contribution in [1.29, 1.82) is 0 Å². The predicted octanol–water partition coefficient (Wildman–Crippen LogP) is 1.69. The van der Waals surface area contributed by atoms with E-state index < -0.39 is 5.60 Å². The smallest absolute Gasteiger partial charge is 0.119 e. The molecule has 0 aliphatic heterocycles. The lowest BCUT2D eigenvalue weighted by molar-refractivity contribution is 0.0553. The minimum absolute atomic E-state index is 0.511. The van der Waals surface area contributed by atoms with Gasteiger partial charge in [0.15, 0.2) is 0 Å². The van der Waals surface area contributed by atoms with E-state index in [1.54, 1.807) is 13.8 Å². The fourth-order valence-electron chi connectivity index (χ4n) is 1.18. The van der Waals surface area contributed by atoms with Gasteiger partial charge in [0.25, 0.3) is 0 Å². The normalized spacial score (nSPS) is 11.5. The van der Waals surface area contributed by atoms with Crippen LogP contribution in [0.1, 0.15) is 25.8 Å². The minimum atomic E-state index is -0.675. The van der Waals surface area contributed by atoms with Gasteiger partial charge in [-0.25, -0.2) is 0 Å². The van der Waals surface area contributed by atoms with Gasteiger partial charge >= 0.3 is 0 Å². The average Bonchev–Trinajstić information content (AvgIpc) is 2.16. The van der Waals surface area contributed by atoms with Crippen LogP contribution in [0.15, 0.2) is 24.3 Å². The molecule has 0 saturated carbocycles. The van der Waals surface area contributed by atoms with Crippen molar-refractivity contribution in [2.75, 3.05) is 6.61 Å². The largest absolute Gasteiger partial charge is 0.493 e. The maximum Gasteiger partial charge on any atom is 0.119 e. The van der Waals surface area contributed by atoms with Gasteiger partial charge in [-0.3, -0.25) is 0 Å². The van der Waals surface area contributed by atoms with Gasteiger partial charge in [-0.1, -0.05) is 12.1 Å². The predicted molar refractivity (Wildman–Crippen MR) is 60.7 cm³/mol. The summed E-state index contributed by atoms with van der Waals surface area (Å²) < 4.78 is 5.51. The molecule has 0 spiro atoms. The Morgan fingerprint density at radius 2 is 2.13 bits per heavy atom. The summed E-state index contributed by atoms with van der Waals surface area (Å²) in [6.45, 7) is 4.57. The van der Waals surface area contributed by atoms with Crippen LogP contribution in [0, 0.1) is 0 Å². The second-order valence-corrected chi connectivity index (χ2v) is 4.26. The first-order valence-electron chi connectivity index (χ1n) is 5.15. The van der Waals surface area contributed by atoms with Crippen LogP contribution in [0.5, 0.6) is 5.75 Å². The molecule has 84 valence electrons. The van der Waals surface area contributed by atoms with Gasteiger partial charge in [0.2, 0.25) is 0 Å². The highest BCUT2D eigenvalue weighted by Gasteiger charge is 2.11. The van der Waals surface area contributed by atoms with Crippen molar-refractivity contribution in [2.45, 2.75) is 32.4 Å². The molecule has 1 aromatic rings. The molecule has 1 aromatic carbocycles. The number of rotatable bonds is 5. The molecule has 0 amide bonds. The maximum atomic E-state index is 9.50. The SMILES string of the molecule is CC(C)(O)CCOc1cccc(CN)c1. The van der Waals surface area contributed by atoms with Gasteiger partial charge < -0.3 is 15.6 Å². The third kappa shape index (κ3) is 4.81. The minimum Gasteiger partial charge on any atom is -0.493 e. The summed E-state index contributed by atoms with van der Waals surface area (Å²) in [6, 6.07) is 7.69. The highest BCUT2D eigenvalue weighted by atomic mass is 16.5. The first kappa shape index (κ1) is 12.0. The van der Waals surface area contributed by atoms with Crippen molar-refractivity contribution in [3.8, 4) is 5.75 Å². The maximum absolute atomic E-state index is 9.50. The number of ether oxygens (including phenoxy) is 1.